The lowest BCUT2D eigenvalue weighted by Crippen LogP contribution is -2.53. The van der Waals surface area contributed by atoms with Crippen molar-refractivity contribution in [2.45, 2.75) is 90.9 Å². The van der Waals surface area contributed by atoms with Gasteiger partial charge in [-0.05, 0) is 66.6 Å². The summed E-state index contributed by atoms with van der Waals surface area (Å²) in [5.41, 5.74) is 4.82. The minimum Gasteiger partial charge on any atom is -0.507 e. The largest absolute Gasteiger partial charge is 0.507 e. The number of likely N-dealkylation sites (N-methyl/N-ethyl adjacent to an activating group) is 1. The molecule has 0 aliphatic heterocycles. The predicted molar refractivity (Wildman–Crippen MR) is 240 cm³/mol. The molecule has 0 radical (unpaired) electrons. The van der Waals surface area contributed by atoms with Crippen LogP contribution in [0.5, 0.6) is 5.75 Å². The molecule has 0 aliphatic carbocycles. The first-order chi connectivity index (χ1) is 27.5. The van der Waals surface area contributed by atoms with E-state index < -0.39 is 24.2 Å². The van der Waals surface area contributed by atoms with Crippen LogP contribution < -0.4 is 10.6 Å². The number of carbonyl (C=O) groups is 2. The van der Waals surface area contributed by atoms with Crippen LogP contribution in [0.3, 0.4) is 0 Å². The number of fused-ring (bicyclic) bond motifs is 2. The number of rotatable bonds is 11. The number of nitrogens with one attached hydrogen (secondary N) is 2. The van der Waals surface area contributed by atoms with Crippen LogP contribution in [0.15, 0.2) is 132 Å². The van der Waals surface area contributed by atoms with Crippen LogP contribution in [-0.2, 0) is 22.2 Å². The molecule has 7 nitrogen and oxygen atoms in total. The number of nitrogens with zero attached hydrogens (tertiary/aromatic N) is 2. The second kappa shape index (κ2) is 17.3. The molecule has 3 atom stereocenters. The molecule has 3 amide bonds. The highest BCUT2D eigenvalue weighted by atomic mass is 16.3. The molecule has 6 aromatic carbocycles. The molecule has 0 saturated carbocycles. The average Bonchev–Trinajstić information content (AvgIpc) is 3.19. The van der Waals surface area contributed by atoms with Crippen LogP contribution in [0.25, 0.3) is 21.5 Å². The van der Waals surface area contributed by atoms with Crippen molar-refractivity contribution in [2.24, 2.45) is 10.9 Å². The molecule has 7 heteroatoms. The lowest BCUT2D eigenvalue weighted by Gasteiger charge is -2.31. The van der Waals surface area contributed by atoms with E-state index in [1.165, 1.54) is 0 Å². The van der Waals surface area contributed by atoms with Gasteiger partial charge < -0.3 is 20.6 Å². The van der Waals surface area contributed by atoms with E-state index in [1.807, 2.05) is 92.7 Å². The number of phenols is 1. The molecule has 3 N–H and O–H groups in total. The van der Waals surface area contributed by atoms with Crippen LogP contribution in [0.4, 0.5) is 4.79 Å². The van der Waals surface area contributed by atoms with Crippen molar-refractivity contribution in [3.63, 3.8) is 0 Å². The van der Waals surface area contributed by atoms with E-state index >= 15 is 0 Å². The van der Waals surface area contributed by atoms with Crippen LogP contribution >= 0.6 is 0 Å². The van der Waals surface area contributed by atoms with Gasteiger partial charge in [-0.3, -0.25) is 9.79 Å². The second-order valence-electron chi connectivity index (χ2n) is 17.8. The molecule has 0 unspecified atom stereocenters. The van der Waals surface area contributed by atoms with E-state index in [2.05, 4.69) is 101 Å². The van der Waals surface area contributed by atoms with E-state index in [1.54, 1.807) is 18.2 Å². The van der Waals surface area contributed by atoms with Gasteiger partial charge in [0.15, 0.2) is 0 Å². The summed E-state index contributed by atoms with van der Waals surface area (Å²) < 4.78 is 0. The highest BCUT2D eigenvalue weighted by Crippen LogP contribution is 2.41. The summed E-state index contributed by atoms with van der Waals surface area (Å²) in [6.07, 6.45) is 1.77. The Morgan fingerprint density at radius 2 is 1.26 bits per heavy atom. The summed E-state index contributed by atoms with van der Waals surface area (Å²) in [6, 6.07) is 39.9. The lowest BCUT2D eigenvalue weighted by atomic mass is 9.79. The van der Waals surface area contributed by atoms with Crippen molar-refractivity contribution in [3.8, 4) is 5.75 Å². The smallest absolute Gasteiger partial charge is 0.316 e. The Hall–Kier alpha value is -5.95. The third kappa shape index (κ3) is 9.42. The van der Waals surface area contributed by atoms with Gasteiger partial charge in [0.2, 0.25) is 5.91 Å². The highest BCUT2D eigenvalue weighted by Gasteiger charge is 2.33. The lowest BCUT2D eigenvalue weighted by molar-refractivity contribution is -0.133. The van der Waals surface area contributed by atoms with Gasteiger partial charge >= 0.3 is 6.03 Å². The fraction of sp³-hybridized carbons (Fsp3) is 0.314. The summed E-state index contributed by atoms with van der Waals surface area (Å²) >= 11 is 0. The summed E-state index contributed by atoms with van der Waals surface area (Å²) in [4.78, 5) is 35.5. The fourth-order valence-electron chi connectivity index (χ4n) is 7.63. The maximum atomic E-state index is 14.5. The topological polar surface area (TPSA) is 94.0 Å². The molecule has 0 fully saturated rings. The van der Waals surface area contributed by atoms with E-state index in [0.717, 1.165) is 49.4 Å². The van der Waals surface area contributed by atoms with Gasteiger partial charge in [0.25, 0.3) is 0 Å². The molecule has 58 heavy (non-hydrogen) atoms. The Kier molecular flexibility index (Phi) is 12.4. The van der Waals surface area contributed by atoms with Gasteiger partial charge in [-0.1, -0.05) is 177 Å². The number of benzene rings is 6. The van der Waals surface area contributed by atoms with Crippen LogP contribution in [0.1, 0.15) is 101 Å². The zero-order valence-electron chi connectivity index (χ0n) is 35.4. The molecule has 0 spiro atoms. The summed E-state index contributed by atoms with van der Waals surface area (Å²) in [5.74, 6) is -0.177. The zero-order valence-corrected chi connectivity index (χ0v) is 35.4. The molecular weight excluding hydrogens is 717 g/mol. The van der Waals surface area contributed by atoms with Crippen LogP contribution in [-0.4, -0.2) is 41.2 Å². The number of carbonyl (C=O) groups excluding carboxylic acids is 2. The average molecular weight is 775 g/mol. The van der Waals surface area contributed by atoms with Crippen molar-refractivity contribution in [1.82, 2.24) is 15.5 Å². The standard InChI is InChI=1S/C51H58N4O3/c1-33(2)44(48(57)55(9)32-34-19-11-10-12-20-34)53-49(58)54-46(42-28-18-24-36-22-14-16-26-40(36)42)45(41-27-17-23-35-21-13-15-25-39(35)41)52-31-37-29-38(50(3,4)5)30-43(47(37)56)51(6,7)8/h10-31,33,44-46,56H,32H2,1-9H3,(H2,53,54,58)/t44-,45-,46-/m0/s1. The molecule has 0 heterocycles. The van der Waals surface area contributed by atoms with Gasteiger partial charge in [-0.2, -0.15) is 0 Å². The van der Waals surface area contributed by atoms with Crippen molar-refractivity contribution < 1.29 is 14.7 Å². The molecule has 0 aliphatic rings. The summed E-state index contributed by atoms with van der Waals surface area (Å²) in [6.45, 7) is 17.1. The van der Waals surface area contributed by atoms with Crippen molar-refractivity contribution in [2.75, 3.05) is 7.05 Å². The number of aliphatic imine (C=N–C) groups is 1. The number of hydrogen-bond donors (Lipinski definition) is 3. The van der Waals surface area contributed by atoms with E-state index in [0.29, 0.717) is 12.1 Å². The van der Waals surface area contributed by atoms with Crippen LogP contribution in [0.2, 0.25) is 0 Å². The van der Waals surface area contributed by atoms with E-state index in [4.69, 9.17) is 4.99 Å². The molecule has 6 aromatic rings. The van der Waals surface area contributed by atoms with Crippen molar-refractivity contribution in [1.29, 1.82) is 0 Å². The first kappa shape index (κ1) is 41.7. The first-order valence-electron chi connectivity index (χ1n) is 20.3. The molecule has 300 valence electrons. The SMILES string of the molecule is CC(C)[C@H](NC(=O)N[C@@H](c1cccc2ccccc12)[C@@H](N=Cc1cc(C(C)(C)C)cc(C(C)(C)C)c1O)c1cccc2ccccc12)C(=O)N(C)Cc1ccccc1. The maximum Gasteiger partial charge on any atom is 0.316 e. The quantitative estimate of drug-likeness (QED) is 0.114. The Morgan fingerprint density at radius 1 is 0.707 bits per heavy atom. The van der Waals surface area contributed by atoms with Crippen LogP contribution in [0, 0.1) is 5.92 Å². The number of amides is 3. The normalized spacial score (nSPS) is 13.8. The second-order valence-corrected chi connectivity index (χ2v) is 17.8. The highest BCUT2D eigenvalue weighted by molar-refractivity contribution is 5.91. The third-order valence-corrected chi connectivity index (χ3v) is 10.9. The fourth-order valence-corrected chi connectivity index (χ4v) is 7.63. The predicted octanol–water partition coefficient (Wildman–Crippen LogP) is 11.2. The minimum absolute atomic E-state index is 0.178. The number of hydrogen-bond acceptors (Lipinski definition) is 4. The maximum absolute atomic E-state index is 14.5. The molecule has 0 aromatic heterocycles. The Balaban J connectivity index is 1.50. The van der Waals surface area contributed by atoms with Gasteiger partial charge in [-0.15, -0.1) is 0 Å². The monoisotopic (exact) mass is 774 g/mol. The zero-order chi connectivity index (χ0) is 41.8. The molecule has 0 bridgehead atoms. The summed E-state index contributed by atoms with van der Waals surface area (Å²) in [7, 11) is 1.77. The summed E-state index contributed by atoms with van der Waals surface area (Å²) in [5, 5.41) is 22.3. The molecule has 0 saturated heterocycles. The Labute approximate surface area is 344 Å². The number of urea groups is 1. The van der Waals surface area contributed by atoms with Gasteiger partial charge in [0.1, 0.15) is 11.8 Å². The Morgan fingerprint density at radius 3 is 1.84 bits per heavy atom. The first-order valence-corrected chi connectivity index (χ1v) is 20.3. The van der Waals surface area contributed by atoms with E-state index in [9.17, 15) is 14.7 Å². The number of aromatic hydroxyl groups is 1. The number of phenolic OH excluding ortho intramolecular Hbond substituents is 1. The van der Waals surface area contributed by atoms with Crippen molar-refractivity contribution in [3.05, 3.63) is 161 Å². The van der Waals surface area contributed by atoms with Gasteiger partial charge in [0, 0.05) is 30.9 Å². The minimum atomic E-state index is -0.783. The van der Waals surface area contributed by atoms with Crippen molar-refractivity contribution >= 4 is 39.7 Å². The van der Waals surface area contributed by atoms with Gasteiger partial charge in [0.05, 0.1) is 12.1 Å². The molecular formula is C51H58N4O3. The van der Waals surface area contributed by atoms with E-state index in [-0.39, 0.29) is 28.4 Å². The third-order valence-electron chi connectivity index (χ3n) is 10.9. The molecule has 6 rings (SSSR count). The Bertz CT molecular complexity index is 2410. The van der Waals surface area contributed by atoms with Gasteiger partial charge in [-0.25, -0.2) is 4.79 Å².